The molecule has 0 aliphatic rings. The molecule has 1 aromatic carbocycles. The number of hydrogen-bond donors (Lipinski definition) is 1. The van der Waals surface area contributed by atoms with Gasteiger partial charge in [0.25, 0.3) is 0 Å². The largest absolute Gasteiger partial charge is 0.451 e. The van der Waals surface area contributed by atoms with E-state index in [1.54, 1.807) is 0 Å². The quantitative estimate of drug-likeness (QED) is 0.601. The Morgan fingerprint density at radius 1 is 0.667 bits per heavy atom. The molecule has 0 bridgehead atoms. The first-order chi connectivity index (χ1) is 9.20. The summed E-state index contributed by atoms with van der Waals surface area (Å²) in [6.45, 7) is 0. The van der Waals surface area contributed by atoms with Crippen LogP contribution in [0.1, 0.15) is 5.56 Å². The van der Waals surface area contributed by atoms with Crippen molar-refractivity contribution in [2.75, 3.05) is 5.32 Å². The number of alkyl halides is 10. The van der Waals surface area contributed by atoms with Crippen molar-refractivity contribution >= 4 is 5.69 Å². The second-order valence-corrected chi connectivity index (χ2v) is 3.82. The molecule has 0 amide bonds. The fraction of sp³-hybridized carbons (Fsp3) is 0.400. The van der Waals surface area contributed by atoms with Crippen molar-refractivity contribution in [3.63, 3.8) is 0 Å². The molecule has 0 aromatic heterocycles. The van der Waals surface area contributed by atoms with Gasteiger partial charge in [-0.15, -0.1) is 0 Å². The molecule has 1 nitrogen and oxygen atoms in total. The Morgan fingerprint density at radius 3 is 1.48 bits per heavy atom. The normalized spacial score (nSPS) is 14.2. The maximum Gasteiger partial charge on any atom is 0.451 e. The van der Waals surface area contributed by atoms with E-state index >= 15 is 0 Å². The Balaban J connectivity index is 3.37. The number of para-hydroxylation sites is 1. The molecule has 0 saturated carbocycles. The summed E-state index contributed by atoms with van der Waals surface area (Å²) in [6, 6.07) is 1.93. The van der Waals surface area contributed by atoms with E-state index in [9.17, 15) is 43.9 Å². The van der Waals surface area contributed by atoms with E-state index in [-0.39, 0.29) is 17.4 Å². The highest BCUT2D eigenvalue weighted by atomic mass is 19.4. The minimum absolute atomic E-state index is 0.218. The zero-order valence-corrected chi connectivity index (χ0v) is 9.59. The van der Waals surface area contributed by atoms with E-state index in [4.69, 9.17) is 0 Å². The van der Waals surface area contributed by atoms with Gasteiger partial charge in [0.2, 0.25) is 0 Å². The summed E-state index contributed by atoms with van der Waals surface area (Å²) in [5.41, 5.74) is -3.54. The van der Waals surface area contributed by atoms with Crippen molar-refractivity contribution in [1.82, 2.24) is 0 Å². The molecule has 1 aromatic rings. The minimum atomic E-state index is -6.51. The summed E-state index contributed by atoms with van der Waals surface area (Å²) in [5.74, 6) is -6.01. The van der Waals surface area contributed by atoms with Crippen LogP contribution in [-0.4, -0.2) is 18.1 Å². The van der Waals surface area contributed by atoms with Gasteiger partial charge in [-0.05, 0) is 12.1 Å². The standard InChI is InChI=1S/C10H5F10N/c11-7(12,13)5-3-1-2-4-6(5)21-8(14,9(15,16)17)10(18,19)20/h1-4,21H. The van der Waals surface area contributed by atoms with Crippen LogP contribution in [0, 0.1) is 0 Å². The number of anilines is 1. The van der Waals surface area contributed by atoms with Gasteiger partial charge in [-0.3, -0.25) is 0 Å². The van der Waals surface area contributed by atoms with Gasteiger partial charge in [-0.25, -0.2) is 0 Å². The molecule has 0 unspecified atom stereocenters. The Morgan fingerprint density at radius 2 is 1.10 bits per heavy atom. The van der Waals surface area contributed by atoms with Crippen LogP contribution in [0.5, 0.6) is 0 Å². The molecule has 120 valence electrons. The molecular weight excluding hydrogens is 324 g/mol. The van der Waals surface area contributed by atoms with E-state index in [2.05, 4.69) is 0 Å². The first-order valence-electron chi connectivity index (χ1n) is 4.97. The summed E-state index contributed by atoms with van der Waals surface area (Å²) in [5, 5.41) is 0.274. The molecule has 11 heteroatoms. The number of benzene rings is 1. The minimum Gasteiger partial charge on any atom is -0.338 e. The predicted octanol–water partition coefficient (Wildman–Crippen LogP) is 4.91. The van der Waals surface area contributed by atoms with Crippen molar-refractivity contribution in [3.8, 4) is 0 Å². The van der Waals surface area contributed by atoms with Gasteiger partial charge in [0.15, 0.2) is 0 Å². The van der Waals surface area contributed by atoms with E-state index in [1.165, 1.54) is 0 Å². The maximum atomic E-state index is 13.3. The van der Waals surface area contributed by atoms with Gasteiger partial charge in [0.1, 0.15) is 0 Å². The van der Waals surface area contributed by atoms with Crippen LogP contribution in [0.15, 0.2) is 24.3 Å². The van der Waals surface area contributed by atoms with Gasteiger partial charge < -0.3 is 5.32 Å². The number of halogens is 10. The first-order valence-corrected chi connectivity index (χ1v) is 4.97. The van der Waals surface area contributed by atoms with Gasteiger partial charge in [0.05, 0.1) is 5.56 Å². The zero-order valence-electron chi connectivity index (χ0n) is 9.59. The Hall–Kier alpha value is -1.68. The maximum absolute atomic E-state index is 13.3. The molecule has 0 spiro atoms. The molecule has 1 rings (SSSR count). The Kier molecular flexibility index (Phi) is 4.09. The average molecular weight is 329 g/mol. The summed E-state index contributed by atoms with van der Waals surface area (Å²) < 4.78 is 124. The molecule has 0 radical (unpaired) electrons. The van der Waals surface area contributed by atoms with E-state index in [1.807, 2.05) is 0 Å². The highest BCUT2D eigenvalue weighted by molar-refractivity contribution is 5.54. The third-order valence-electron chi connectivity index (χ3n) is 2.32. The topological polar surface area (TPSA) is 12.0 Å². The average Bonchev–Trinajstić information content (AvgIpc) is 2.25. The lowest BCUT2D eigenvalue weighted by Gasteiger charge is -2.32. The molecule has 0 aliphatic carbocycles. The van der Waals surface area contributed by atoms with Crippen molar-refractivity contribution in [3.05, 3.63) is 29.8 Å². The van der Waals surface area contributed by atoms with Crippen LogP contribution >= 0.6 is 0 Å². The SMILES string of the molecule is FC(F)(F)c1ccccc1NC(F)(C(F)(F)F)C(F)(F)F. The lowest BCUT2D eigenvalue weighted by molar-refractivity contribution is -0.330. The van der Waals surface area contributed by atoms with Crippen molar-refractivity contribution in [1.29, 1.82) is 0 Å². The van der Waals surface area contributed by atoms with Crippen LogP contribution in [0.3, 0.4) is 0 Å². The van der Waals surface area contributed by atoms with Crippen LogP contribution < -0.4 is 5.32 Å². The third-order valence-corrected chi connectivity index (χ3v) is 2.32. The molecule has 1 N–H and O–H groups in total. The van der Waals surface area contributed by atoms with Crippen LogP contribution in [0.25, 0.3) is 0 Å². The van der Waals surface area contributed by atoms with Crippen LogP contribution in [0.2, 0.25) is 0 Å². The van der Waals surface area contributed by atoms with Crippen LogP contribution in [-0.2, 0) is 6.18 Å². The summed E-state index contributed by atoms with van der Waals surface area (Å²) in [7, 11) is 0. The fourth-order valence-corrected chi connectivity index (χ4v) is 1.33. The van der Waals surface area contributed by atoms with Crippen LogP contribution in [0.4, 0.5) is 49.6 Å². The molecule has 21 heavy (non-hydrogen) atoms. The monoisotopic (exact) mass is 329 g/mol. The number of hydrogen-bond acceptors (Lipinski definition) is 1. The lowest BCUT2D eigenvalue weighted by Crippen LogP contribution is -2.59. The fourth-order valence-electron chi connectivity index (χ4n) is 1.33. The number of nitrogens with one attached hydrogen (secondary N) is 1. The Bertz CT molecular complexity index is 484. The van der Waals surface area contributed by atoms with E-state index < -0.39 is 35.6 Å². The second kappa shape index (κ2) is 4.95. The highest BCUT2D eigenvalue weighted by Crippen LogP contribution is 2.47. The van der Waals surface area contributed by atoms with Gasteiger partial charge in [-0.1, -0.05) is 12.1 Å². The van der Waals surface area contributed by atoms with E-state index in [0.717, 1.165) is 12.1 Å². The smallest absolute Gasteiger partial charge is 0.338 e. The zero-order chi connectivity index (χ0) is 16.7. The van der Waals surface area contributed by atoms with Crippen molar-refractivity contribution < 1.29 is 43.9 Å². The van der Waals surface area contributed by atoms with Gasteiger partial charge in [0, 0.05) is 5.69 Å². The summed E-state index contributed by atoms with van der Waals surface area (Å²) >= 11 is 0. The predicted molar refractivity (Wildman–Crippen MR) is 51.0 cm³/mol. The van der Waals surface area contributed by atoms with Gasteiger partial charge in [-0.2, -0.15) is 43.9 Å². The molecule has 0 fully saturated rings. The molecular formula is C10H5F10N. The third kappa shape index (κ3) is 3.32. The first kappa shape index (κ1) is 17.4. The van der Waals surface area contributed by atoms with E-state index in [0.29, 0.717) is 0 Å². The molecule has 0 atom stereocenters. The molecule has 0 saturated heterocycles. The summed E-state index contributed by atoms with van der Waals surface area (Å²) in [4.78, 5) is 0. The Labute approximate surface area is 110 Å². The van der Waals surface area contributed by atoms with Crippen molar-refractivity contribution in [2.24, 2.45) is 0 Å². The highest BCUT2D eigenvalue weighted by Gasteiger charge is 2.73. The molecule has 0 aliphatic heterocycles. The number of rotatable bonds is 2. The lowest BCUT2D eigenvalue weighted by atomic mass is 10.1. The second-order valence-electron chi connectivity index (χ2n) is 3.82. The van der Waals surface area contributed by atoms with Gasteiger partial charge >= 0.3 is 24.3 Å². The van der Waals surface area contributed by atoms with Crippen molar-refractivity contribution in [2.45, 2.75) is 24.3 Å². The molecule has 0 heterocycles. The summed E-state index contributed by atoms with van der Waals surface area (Å²) in [6.07, 6.45) is -18.3.